The maximum Gasteiger partial charge on any atom is 0.267 e. The van der Waals surface area contributed by atoms with Gasteiger partial charge in [-0.1, -0.05) is 12.1 Å². The number of hydrogen-bond donors (Lipinski definition) is 1. The first kappa shape index (κ1) is 14.2. The quantitative estimate of drug-likeness (QED) is 0.755. The largest absolute Gasteiger partial charge is 0.324 e. The molecule has 2 rings (SSSR count). The van der Waals surface area contributed by atoms with Crippen LogP contribution in [0.25, 0.3) is 0 Å². The van der Waals surface area contributed by atoms with E-state index in [4.69, 9.17) is 0 Å². The van der Waals surface area contributed by atoms with Crippen LogP contribution in [0.4, 0.5) is 5.69 Å². The van der Waals surface area contributed by atoms with Gasteiger partial charge in [0.25, 0.3) is 5.56 Å². The molecule has 7 heteroatoms. The van der Waals surface area contributed by atoms with Crippen molar-refractivity contribution in [3.63, 3.8) is 0 Å². The number of rotatable bonds is 3. The van der Waals surface area contributed by atoms with Crippen LogP contribution in [0.15, 0.2) is 46.1 Å². The van der Waals surface area contributed by atoms with Crippen molar-refractivity contribution < 1.29 is 4.79 Å². The molecule has 0 bridgehead atoms. The minimum atomic E-state index is -0.280. The van der Waals surface area contributed by atoms with Gasteiger partial charge in [-0.3, -0.25) is 14.2 Å². The van der Waals surface area contributed by atoms with Gasteiger partial charge in [0, 0.05) is 10.7 Å². The van der Waals surface area contributed by atoms with Crippen LogP contribution in [-0.2, 0) is 11.3 Å². The maximum atomic E-state index is 11.9. The first-order chi connectivity index (χ1) is 9.08. The molecule has 0 saturated carbocycles. The molecule has 0 fully saturated rings. The van der Waals surface area contributed by atoms with E-state index in [1.54, 1.807) is 6.07 Å². The van der Waals surface area contributed by atoms with Crippen molar-refractivity contribution in [2.75, 3.05) is 5.32 Å². The van der Waals surface area contributed by atoms with Crippen molar-refractivity contribution in [3.8, 4) is 0 Å². The summed E-state index contributed by atoms with van der Waals surface area (Å²) in [7, 11) is 0. The lowest BCUT2D eigenvalue weighted by Crippen LogP contribution is -2.29. The highest BCUT2D eigenvalue weighted by Gasteiger charge is 2.08. The number of aromatic nitrogens is 2. The molecule has 1 N–H and O–H groups in total. The summed E-state index contributed by atoms with van der Waals surface area (Å²) in [5.41, 5.74) is 0.442. The summed E-state index contributed by atoms with van der Waals surface area (Å²) < 4.78 is 2.54. The highest BCUT2D eigenvalue weighted by atomic mass is 127. The topological polar surface area (TPSA) is 64.0 Å². The monoisotopic (exact) mass is 433 g/mol. The average molecular weight is 434 g/mol. The number of amides is 1. The van der Waals surface area contributed by atoms with Crippen LogP contribution in [0, 0.1) is 3.57 Å². The average Bonchev–Trinajstić information content (AvgIpc) is 2.38. The SMILES string of the molecule is O=C(Cn1cncc(I)c1=O)Nc1ccccc1Br. The summed E-state index contributed by atoms with van der Waals surface area (Å²) >= 11 is 5.23. The normalized spacial score (nSPS) is 10.2. The first-order valence-electron chi connectivity index (χ1n) is 5.32. The summed E-state index contributed by atoms with van der Waals surface area (Å²) in [6, 6.07) is 7.28. The van der Waals surface area contributed by atoms with Crippen LogP contribution < -0.4 is 10.9 Å². The number of hydrogen-bond acceptors (Lipinski definition) is 3. The summed E-state index contributed by atoms with van der Waals surface area (Å²) in [4.78, 5) is 27.5. The zero-order valence-electron chi connectivity index (χ0n) is 9.64. The van der Waals surface area contributed by atoms with E-state index < -0.39 is 0 Å². The van der Waals surface area contributed by atoms with Gasteiger partial charge < -0.3 is 5.32 Å². The molecule has 0 aliphatic heterocycles. The standard InChI is InChI=1S/C12H9BrIN3O2/c13-8-3-1-2-4-10(8)16-11(18)6-17-7-15-5-9(14)12(17)19/h1-5,7H,6H2,(H,16,18). The maximum absolute atomic E-state index is 11.9. The molecular formula is C12H9BrIN3O2. The molecule has 2 aromatic rings. The molecule has 0 radical (unpaired) electrons. The van der Waals surface area contributed by atoms with Crippen LogP contribution >= 0.6 is 38.5 Å². The molecule has 98 valence electrons. The van der Waals surface area contributed by atoms with Crippen molar-refractivity contribution >= 4 is 50.1 Å². The molecule has 1 aromatic carbocycles. The van der Waals surface area contributed by atoms with Gasteiger partial charge in [-0.15, -0.1) is 0 Å². The first-order valence-corrected chi connectivity index (χ1v) is 7.19. The van der Waals surface area contributed by atoms with E-state index in [9.17, 15) is 9.59 Å². The number of nitrogens with zero attached hydrogens (tertiary/aromatic N) is 2. The van der Waals surface area contributed by atoms with Gasteiger partial charge in [-0.25, -0.2) is 4.98 Å². The third-order valence-corrected chi connectivity index (χ3v) is 3.75. The third-order valence-electron chi connectivity index (χ3n) is 2.32. The number of halogens is 2. The van der Waals surface area contributed by atoms with Gasteiger partial charge in [0.1, 0.15) is 6.54 Å². The Labute approximate surface area is 131 Å². The van der Waals surface area contributed by atoms with E-state index >= 15 is 0 Å². The van der Waals surface area contributed by atoms with Gasteiger partial charge >= 0.3 is 0 Å². The van der Waals surface area contributed by atoms with Crippen LogP contribution in [-0.4, -0.2) is 15.5 Å². The van der Waals surface area contributed by atoms with Crippen LogP contribution in [0.1, 0.15) is 0 Å². The molecule has 0 spiro atoms. The highest BCUT2D eigenvalue weighted by molar-refractivity contribution is 14.1. The predicted octanol–water partition coefficient (Wildman–Crippen LogP) is 2.25. The number of benzene rings is 1. The lowest BCUT2D eigenvalue weighted by Gasteiger charge is -2.08. The van der Waals surface area contributed by atoms with Gasteiger partial charge in [-0.05, 0) is 50.7 Å². The van der Waals surface area contributed by atoms with Crippen LogP contribution in [0.2, 0.25) is 0 Å². The molecule has 5 nitrogen and oxygen atoms in total. The number of nitrogens with one attached hydrogen (secondary N) is 1. The van der Waals surface area contributed by atoms with E-state index in [0.717, 1.165) is 4.47 Å². The van der Waals surface area contributed by atoms with E-state index in [-0.39, 0.29) is 18.0 Å². The van der Waals surface area contributed by atoms with Crippen molar-refractivity contribution in [2.24, 2.45) is 0 Å². The molecule has 1 aromatic heterocycles. The Morgan fingerprint density at radius 2 is 2.16 bits per heavy atom. The fourth-order valence-electron chi connectivity index (χ4n) is 1.44. The summed E-state index contributed by atoms with van der Waals surface area (Å²) in [6.45, 7) is -0.0655. The molecule has 0 unspecified atom stereocenters. The minimum absolute atomic E-state index is 0.0655. The summed E-state index contributed by atoms with van der Waals surface area (Å²) in [5, 5.41) is 2.73. The van der Waals surface area contributed by atoms with Crippen LogP contribution in [0.3, 0.4) is 0 Å². The molecular weight excluding hydrogens is 425 g/mol. The summed E-state index contributed by atoms with van der Waals surface area (Å²) in [5.74, 6) is -0.280. The number of carbonyl (C=O) groups is 1. The van der Waals surface area contributed by atoms with Gasteiger partial charge in [0.2, 0.25) is 5.91 Å². The lowest BCUT2D eigenvalue weighted by atomic mass is 10.3. The van der Waals surface area contributed by atoms with E-state index in [2.05, 4.69) is 26.2 Å². The molecule has 0 atom stereocenters. The zero-order valence-corrected chi connectivity index (χ0v) is 13.4. The zero-order chi connectivity index (χ0) is 13.8. The van der Waals surface area contributed by atoms with E-state index in [0.29, 0.717) is 9.26 Å². The van der Waals surface area contributed by atoms with Crippen molar-refractivity contribution in [1.82, 2.24) is 9.55 Å². The van der Waals surface area contributed by atoms with Gasteiger partial charge in [0.15, 0.2) is 0 Å². The van der Waals surface area contributed by atoms with Gasteiger partial charge in [-0.2, -0.15) is 0 Å². The highest BCUT2D eigenvalue weighted by Crippen LogP contribution is 2.20. The molecule has 0 saturated heterocycles. The van der Waals surface area contributed by atoms with E-state index in [1.165, 1.54) is 17.1 Å². The van der Waals surface area contributed by atoms with Crippen molar-refractivity contribution in [3.05, 3.63) is 55.2 Å². The Bertz CT molecular complexity index is 672. The van der Waals surface area contributed by atoms with Crippen molar-refractivity contribution in [2.45, 2.75) is 6.54 Å². The van der Waals surface area contributed by atoms with E-state index in [1.807, 2.05) is 40.8 Å². The Morgan fingerprint density at radius 1 is 1.42 bits per heavy atom. The Morgan fingerprint density at radius 3 is 2.89 bits per heavy atom. The number of para-hydroxylation sites is 1. The molecule has 0 aliphatic rings. The second-order valence-electron chi connectivity index (χ2n) is 3.70. The van der Waals surface area contributed by atoms with Gasteiger partial charge in [0.05, 0.1) is 15.6 Å². The fourth-order valence-corrected chi connectivity index (χ4v) is 2.30. The van der Waals surface area contributed by atoms with Crippen LogP contribution in [0.5, 0.6) is 0 Å². The molecule has 1 amide bonds. The molecule has 1 heterocycles. The second-order valence-corrected chi connectivity index (χ2v) is 5.72. The third kappa shape index (κ3) is 3.63. The summed E-state index contributed by atoms with van der Waals surface area (Å²) in [6.07, 6.45) is 2.81. The molecule has 0 aliphatic carbocycles. The Hall–Kier alpha value is -1.22. The smallest absolute Gasteiger partial charge is 0.267 e. The number of anilines is 1. The molecule has 19 heavy (non-hydrogen) atoms. The number of carbonyl (C=O) groups excluding carboxylic acids is 1. The minimum Gasteiger partial charge on any atom is -0.324 e. The second kappa shape index (κ2) is 6.29. The lowest BCUT2D eigenvalue weighted by molar-refractivity contribution is -0.116. The Balaban J connectivity index is 2.12. The predicted molar refractivity (Wildman–Crippen MR) is 84.0 cm³/mol. The van der Waals surface area contributed by atoms with Crippen molar-refractivity contribution in [1.29, 1.82) is 0 Å². The fraction of sp³-hybridized carbons (Fsp3) is 0.0833. The Kier molecular flexibility index (Phi) is 4.70.